The molecule has 5 heteroatoms. The highest BCUT2D eigenvalue weighted by Crippen LogP contribution is 2.27. The monoisotopic (exact) mass is 254 g/mol. The lowest BCUT2D eigenvalue weighted by atomic mass is 10.2. The summed E-state index contributed by atoms with van der Waals surface area (Å²) in [6, 6.07) is 10.6. The van der Waals surface area contributed by atoms with Crippen LogP contribution in [0.5, 0.6) is 0 Å². The fourth-order valence-corrected chi connectivity index (χ4v) is 1.59. The Morgan fingerprint density at radius 2 is 1.94 bits per heavy atom. The van der Waals surface area contributed by atoms with Crippen LogP contribution in [0.3, 0.4) is 0 Å². The third kappa shape index (κ3) is 2.40. The largest absolute Gasteiger partial charge is 0.352 e. The normalized spacial score (nSPS) is 9.28. The molecule has 0 radical (unpaired) electrons. The number of benzene rings is 1. The van der Waals surface area contributed by atoms with Crippen LogP contribution in [0.1, 0.15) is 11.1 Å². The number of pyridine rings is 1. The number of aromatic nitrogens is 1. The van der Waals surface area contributed by atoms with Crippen molar-refractivity contribution in [1.82, 2.24) is 4.98 Å². The predicted octanol–water partition coefficient (Wildman–Crippen LogP) is 3.22. The number of hydrogen-bond donors (Lipinski definition) is 1. The molecular formula is C13H7ClN4. The van der Waals surface area contributed by atoms with Gasteiger partial charge >= 0.3 is 0 Å². The molecule has 2 aromatic rings. The lowest BCUT2D eigenvalue weighted by Crippen LogP contribution is -1.95. The average Bonchev–Trinajstić information content (AvgIpc) is 2.42. The molecule has 0 fully saturated rings. The highest BCUT2D eigenvalue weighted by atomic mass is 35.5. The maximum atomic E-state index is 8.96. The van der Waals surface area contributed by atoms with Crippen LogP contribution in [0.4, 0.5) is 11.4 Å². The van der Waals surface area contributed by atoms with Crippen molar-refractivity contribution in [2.45, 2.75) is 0 Å². The topological polar surface area (TPSA) is 72.5 Å². The van der Waals surface area contributed by atoms with E-state index >= 15 is 0 Å². The molecule has 0 aliphatic heterocycles. The van der Waals surface area contributed by atoms with Gasteiger partial charge in [-0.2, -0.15) is 10.5 Å². The van der Waals surface area contributed by atoms with Gasteiger partial charge in [0.15, 0.2) is 0 Å². The van der Waals surface area contributed by atoms with E-state index in [-0.39, 0.29) is 0 Å². The SMILES string of the molecule is N#Cc1ccc(Cl)c(Nc2cnccc2C#N)c1. The Bertz CT molecular complexity index is 667. The number of halogens is 1. The van der Waals surface area contributed by atoms with Crippen LogP contribution in [0.15, 0.2) is 36.7 Å². The van der Waals surface area contributed by atoms with Crippen molar-refractivity contribution in [3.63, 3.8) is 0 Å². The summed E-state index contributed by atoms with van der Waals surface area (Å²) in [6.07, 6.45) is 3.07. The Morgan fingerprint density at radius 1 is 1.11 bits per heavy atom. The van der Waals surface area contributed by atoms with E-state index in [9.17, 15) is 0 Å². The molecule has 0 unspecified atom stereocenters. The summed E-state index contributed by atoms with van der Waals surface area (Å²) >= 11 is 6.02. The molecule has 1 aromatic carbocycles. The average molecular weight is 255 g/mol. The Morgan fingerprint density at radius 3 is 2.67 bits per heavy atom. The number of nitrogens with one attached hydrogen (secondary N) is 1. The maximum absolute atomic E-state index is 8.96. The van der Waals surface area contributed by atoms with E-state index in [2.05, 4.69) is 16.4 Å². The number of hydrogen-bond acceptors (Lipinski definition) is 4. The zero-order valence-corrected chi connectivity index (χ0v) is 9.94. The molecule has 0 aliphatic rings. The Kier molecular flexibility index (Phi) is 3.43. The Hall–Kier alpha value is -2.56. The summed E-state index contributed by atoms with van der Waals surface area (Å²) in [5.41, 5.74) is 2.07. The Balaban J connectivity index is 2.41. The number of rotatable bonds is 2. The van der Waals surface area contributed by atoms with E-state index in [1.165, 1.54) is 12.4 Å². The minimum atomic E-state index is 0.462. The summed E-state index contributed by atoms with van der Waals surface area (Å²) in [7, 11) is 0. The van der Waals surface area contributed by atoms with Crippen molar-refractivity contribution in [3.05, 3.63) is 52.8 Å². The van der Waals surface area contributed by atoms with Crippen LogP contribution in [-0.2, 0) is 0 Å². The van der Waals surface area contributed by atoms with Gasteiger partial charge in [-0.1, -0.05) is 11.6 Å². The first kappa shape index (κ1) is 11.9. The molecule has 2 rings (SSSR count). The molecule has 0 spiro atoms. The summed E-state index contributed by atoms with van der Waals surface area (Å²) in [4.78, 5) is 3.94. The molecule has 1 N–H and O–H groups in total. The van der Waals surface area contributed by atoms with E-state index in [4.69, 9.17) is 22.1 Å². The molecule has 0 saturated heterocycles. The van der Waals surface area contributed by atoms with Crippen LogP contribution < -0.4 is 5.32 Å². The second-order valence-electron chi connectivity index (χ2n) is 3.46. The zero-order valence-electron chi connectivity index (χ0n) is 9.18. The molecule has 0 amide bonds. The van der Waals surface area contributed by atoms with Crippen molar-refractivity contribution in [1.29, 1.82) is 10.5 Å². The molecule has 86 valence electrons. The fraction of sp³-hybridized carbons (Fsp3) is 0. The quantitative estimate of drug-likeness (QED) is 0.893. The summed E-state index contributed by atoms with van der Waals surface area (Å²) in [5, 5.41) is 21.3. The van der Waals surface area contributed by atoms with Crippen LogP contribution in [0, 0.1) is 22.7 Å². The minimum absolute atomic E-state index is 0.462. The lowest BCUT2D eigenvalue weighted by Gasteiger charge is -2.09. The zero-order chi connectivity index (χ0) is 13.0. The van der Waals surface area contributed by atoms with Crippen molar-refractivity contribution < 1.29 is 0 Å². The van der Waals surface area contributed by atoms with Gasteiger partial charge in [0, 0.05) is 6.20 Å². The van der Waals surface area contributed by atoms with Crippen molar-refractivity contribution in [2.24, 2.45) is 0 Å². The van der Waals surface area contributed by atoms with Crippen LogP contribution in [0.25, 0.3) is 0 Å². The molecule has 4 nitrogen and oxygen atoms in total. The van der Waals surface area contributed by atoms with Gasteiger partial charge in [0.25, 0.3) is 0 Å². The van der Waals surface area contributed by atoms with E-state index in [1.54, 1.807) is 24.3 Å². The number of anilines is 2. The van der Waals surface area contributed by atoms with Crippen molar-refractivity contribution >= 4 is 23.0 Å². The molecule has 0 atom stereocenters. The summed E-state index contributed by atoms with van der Waals surface area (Å²) in [6.45, 7) is 0. The van der Waals surface area contributed by atoms with Crippen molar-refractivity contribution in [3.8, 4) is 12.1 Å². The highest BCUT2D eigenvalue weighted by molar-refractivity contribution is 6.33. The predicted molar refractivity (Wildman–Crippen MR) is 68.4 cm³/mol. The molecule has 0 aliphatic carbocycles. The van der Waals surface area contributed by atoms with E-state index in [1.807, 2.05) is 6.07 Å². The number of nitrogens with zero attached hydrogens (tertiary/aromatic N) is 3. The van der Waals surface area contributed by atoms with Gasteiger partial charge in [-0.25, -0.2) is 0 Å². The lowest BCUT2D eigenvalue weighted by molar-refractivity contribution is 1.30. The molecule has 1 aromatic heterocycles. The standard InChI is InChI=1S/C13H7ClN4/c14-11-2-1-9(6-15)5-12(11)18-13-8-17-4-3-10(13)7-16/h1-5,8,18H. The first-order valence-electron chi connectivity index (χ1n) is 5.05. The molecule has 1 heterocycles. The first-order valence-corrected chi connectivity index (χ1v) is 5.43. The van der Waals surface area contributed by atoms with Crippen LogP contribution >= 0.6 is 11.6 Å². The number of nitriles is 2. The fourth-order valence-electron chi connectivity index (χ4n) is 1.43. The Labute approximate surface area is 109 Å². The summed E-state index contributed by atoms with van der Waals surface area (Å²) < 4.78 is 0. The first-order chi connectivity index (χ1) is 8.74. The van der Waals surface area contributed by atoms with Gasteiger partial charge in [0.05, 0.1) is 39.8 Å². The van der Waals surface area contributed by atoms with Gasteiger partial charge in [0.1, 0.15) is 6.07 Å². The second kappa shape index (κ2) is 5.18. The third-order valence-corrected chi connectivity index (χ3v) is 2.64. The van der Waals surface area contributed by atoms with Crippen LogP contribution in [-0.4, -0.2) is 4.98 Å². The van der Waals surface area contributed by atoms with E-state index in [0.29, 0.717) is 27.5 Å². The molecule has 18 heavy (non-hydrogen) atoms. The summed E-state index contributed by atoms with van der Waals surface area (Å²) in [5.74, 6) is 0. The van der Waals surface area contributed by atoms with E-state index in [0.717, 1.165) is 0 Å². The van der Waals surface area contributed by atoms with Gasteiger partial charge in [-0.15, -0.1) is 0 Å². The van der Waals surface area contributed by atoms with Gasteiger partial charge in [-0.3, -0.25) is 4.98 Å². The van der Waals surface area contributed by atoms with E-state index < -0.39 is 0 Å². The molecule has 0 bridgehead atoms. The minimum Gasteiger partial charge on any atom is -0.352 e. The van der Waals surface area contributed by atoms with Gasteiger partial charge in [-0.05, 0) is 24.3 Å². The van der Waals surface area contributed by atoms with Gasteiger partial charge in [0.2, 0.25) is 0 Å². The molecular weight excluding hydrogens is 248 g/mol. The third-order valence-electron chi connectivity index (χ3n) is 2.31. The van der Waals surface area contributed by atoms with Crippen LogP contribution in [0.2, 0.25) is 5.02 Å². The smallest absolute Gasteiger partial charge is 0.101 e. The second-order valence-corrected chi connectivity index (χ2v) is 3.87. The van der Waals surface area contributed by atoms with Crippen molar-refractivity contribution in [2.75, 3.05) is 5.32 Å². The highest BCUT2D eigenvalue weighted by Gasteiger charge is 2.06. The molecule has 0 saturated carbocycles. The van der Waals surface area contributed by atoms with Gasteiger partial charge < -0.3 is 5.32 Å². The maximum Gasteiger partial charge on any atom is 0.101 e.